The molecule has 0 heterocycles. The van der Waals surface area contributed by atoms with Crippen LogP contribution >= 0.6 is 0 Å². The van der Waals surface area contributed by atoms with Crippen LogP contribution in [0.2, 0.25) is 0 Å². The van der Waals surface area contributed by atoms with Crippen LogP contribution in [0.3, 0.4) is 0 Å². The van der Waals surface area contributed by atoms with Crippen LogP contribution in [0.25, 0.3) is 5.53 Å². The lowest BCUT2D eigenvalue weighted by atomic mass is 9.89. The van der Waals surface area contributed by atoms with Gasteiger partial charge in [0.1, 0.15) is 5.75 Å². The molecule has 0 unspecified atom stereocenters. The van der Waals surface area contributed by atoms with Crippen LogP contribution in [0.5, 0.6) is 5.75 Å². The van der Waals surface area contributed by atoms with E-state index in [9.17, 15) is 35.5 Å². The van der Waals surface area contributed by atoms with Crippen molar-refractivity contribution in [3.63, 3.8) is 0 Å². The van der Waals surface area contributed by atoms with Crippen molar-refractivity contribution in [2.45, 2.75) is 48.1 Å². The molecular formula is C14H15F3N2O5S2. The van der Waals surface area contributed by atoms with Gasteiger partial charge in [-0.15, -0.1) is 13.2 Å². The highest BCUT2D eigenvalue weighted by molar-refractivity contribution is 8.07. The molecule has 0 spiro atoms. The summed E-state index contributed by atoms with van der Waals surface area (Å²) in [5.74, 6) is -0.792. The first-order valence-electron chi connectivity index (χ1n) is 7.51. The molecule has 0 saturated heterocycles. The summed E-state index contributed by atoms with van der Waals surface area (Å²) in [6.45, 7) is 0. The number of benzene rings is 1. The smallest absolute Gasteiger partial charge is 0.406 e. The third-order valence-electron chi connectivity index (χ3n) is 4.12. The summed E-state index contributed by atoms with van der Waals surface area (Å²) in [6, 6.07) is 3.47. The predicted molar refractivity (Wildman–Crippen MR) is 85.1 cm³/mol. The topological polar surface area (TPSA) is 114 Å². The van der Waals surface area contributed by atoms with Gasteiger partial charge in [-0.05, 0) is 31.0 Å². The number of rotatable bonds is 4. The Morgan fingerprint density at radius 1 is 1.19 bits per heavy atom. The third-order valence-corrected chi connectivity index (χ3v) is 7.49. The fourth-order valence-electron chi connectivity index (χ4n) is 2.96. The summed E-state index contributed by atoms with van der Waals surface area (Å²) < 4.78 is 88.0. The standard InChI is InChI=1S/C14H15F3N2O5S2/c15-14(16,17)24-10-5-4-6-11(9-10)26(22,23)12(19-18)13(25(20)21)7-2-1-3-8-13/h4-6,9,25H,1-3,7-8H2. The van der Waals surface area contributed by atoms with Crippen molar-refractivity contribution >= 4 is 25.6 Å². The van der Waals surface area contributed by atoms with E-state index in [2.05, 4.69) is 9.53 Å². The zero-order chi connectivity index (χ0) is 19.6. The molecule has 0 aliphatic heterocycles. The zero-order valence-electron chi connectivity index (χ0n) is 13.3. The third kappa shape index (κ3) is 4.08. The predicted octanol–water partition coefficient (Wildman–Crippen LogP) is 2.30. The van der Waals surface area contributed by atoms with Gasteiger partial charge in [0.15, 0.2) is 15.5 Å². The van der Waals surface area contributed by atoms with E-state index in [4.69, 9.17) is 0 Å². The van der Waals surface area contributed by atoms with E-state index in [1.165, 1.54) is 0 Å². The second-order valence-corrected chi connectivity index (χ2v) is 9.02. The Kier molecular flexibility index (Phi) is 5.79. The van der Waals surface area contributed by atoms with Crippen LogP contribution < -0.4 is 4.74 Å². The normalized spacial score (nSPS) is 17.5. The first-order valence-corrected chi connectivity index (χ1v) is 10.2. The lowest BCUT2D eigenvalue weighted by molar-refractivity contribution is -0.274. The van der Waals surface area contributed by atoms with E-state index in [0.29, 0.717) is 25.3 Å². The minimum absolute atomic E-state index is 0.0525. The maximum absolute atomic E-state index is 12.8. The van der Waals surface area contributed by atoms with Crippen molar-refractivity contribution in [2.24, 2.45) is 0 Å². The summed E-state index contributed by atoms with van der Waals surface area (Å²) in [4.78, 5) is 2.08. The summed E-state index contributed by atoms with van der Waals surface area (Å²) in [7, 11) is -7.98. The maximum atomic E-state index is 12.8. The average molecular weight is 412 g/mol. The molecule has 0 amide bonds. The first kappa shape index (κ1) is 20.4. The van der Waals surface area contributed by atoms with Gasteiger partial charge in [0, 0.05) is 0 Å². The Morgan fingerprint density at radius 3 is 2.31 bits per heavy atom. The van der Waals surface area contributed by atoms with Crippen LogP contribution in [0, 0.1) is 0 Å². The molecule has 144 valence electrons. The fourth-order valence-corrected chi connectivity index (χ4v) is 5.99. The molecule has 0 N–H and O–H groups in total. The van der Waals surface area contributed by atoms with Gasteiger partial charge in [-0.3, -0.25) is 0 Å². The summed E-state index contributed by atoms with van der Waals surface area (Å²) in [5, 5.41) is -0.982. The quantitative estimate of drug-likeness (QED) is 0.268. The summed E-state index contributed by atoms with van der Waals surface area (Å²) >= 11 is 0. The van der Waals surface area contributed by atoms with Crippen molar-refractivity contribution < 1.29 is 39.5 Å². The molecule has 1 aromatic rings. The van der Waals surface area contributed by atoms with E-state index in [-0.39, 0.29) is 12.8 Å². The molecule has 1 aliphatic rings. The Bertz CT molecular complexity index is 905. The van der Waals surface area contributed by atoms with Gasteiger partial charge < -0.3 is 10.3 Å². The van der Waals surface area contributed by atoms with Crippen LogP contribution in [0.1, 0.15) is 32.1 Å². The molecule has 12 heteroatoms. The van der Waals surface area contributed by atoms with E-state index in [1.54, 1.807) is 0 Å². The van der Waals surface area contributed by atoms with E-state index in [1.807, 2.05) is 0 Å². The Labute approximate surface area is 149 Å². The van der Waals surface area contributed by atoms with Gasteiger partial charge >= 0.3 is 11.4 Å². The highest BCUT2D eigenvalue weighted by atomic mass is 32.2. The Hall–Kier alpha value is -1.91. The molecule has 0 atom stereocenters. The summed E-state index contributed by atoms with van der Waals surface area (Å²) in [6.07, 6.45) is -3.62. The molecule has 0 bridgehead atoms. The minimum atomic E-state index is -5.03. The lowest BCUT2D eigenvalue weighted by Crippen LogP contribution is -2.46. The van der Waals surface area contributed by atoms with Crippen LogP contribution in [-0.4, -0.2) is 37.8 Å². The van der Waals surface area contributed by atoms with Gasteiger partial charge in [-0.2, -0.15) is 4.79 Å². The maximum Gasteiger partial charge on any atom is 0.573 e. The summed E-state index contributed by atoms with van der Waals surface area (Å²) in [5.41, 5.74) is 9.28. The number of thiol groups is 1. The fraction of sp³-hybridized carbons (Fsp3) is 0.500. The second kappa shape index (κ2) is 7.37. The molecule has 26 heavy (non-hydrogen) atoms. The molecule has 0 aromatic heterocycles. The first-order chi connectivity index (χ1) is 12.0. The number of hydrogen-bond donors (Lipinski definition) is 1. The second-order valence-electron chi connectivity index (χ2n) is 5.78. The van der Waals surface area contributed by atoms with Crippen molar-refractivity contribution in [3.05, 3.63) is 29.8 Å². The largest absolute Gasteiger partial charge is 0.573 e. The van der Waals surface area contributed by atoms with E-state index >= 15 is 0 Å². The van der Waals surface area contributed by atoms with Crippen LogP contribution in [0.15, 0.2) is 29.2 Å². The van der Waals surface area contributed by atoms with Crippen LogP contribution in [0.4, 0.5) is 13.2 Å². The molecule has 1 saturated carbocycles. The van der Waals surface area contributed by atoms with Crippen molar-refractivity contribution in [2.75, 3.05) is 0 Å². The SMILES string of the molecule is [N-]=[N+]=C(C1([SH](=O)=O)CCCCC1)S(=O)(=O)c1cccc(OC(F)(F)F)c1. The molecule has 1 aliphatic carbocycles. The molecular weight excluding hydrogens is 397 g/mol. The monoisotopic (exact) mass is 412 g/mol. The van der Waals surface area contributed by atoms with E-state index in [0.717, 1.165) is 18.2 Å². The number of alkyl halides is 3. The molecule has 0 radical (unpaired) electrons. The molecule has 1 fully saturated rings. The van der Waals surface area contributed by atoms with Crippen molar-refractivity contribution in [3.8, 4) is 5.75 Å². The average Bonchev–Trinajstić information content (AvgIpc) is 2.54. The Balaban J connectivity index is 2.54. The van der Waals surface area contributed by atoms with Gasteiger partial charge in [0.25, 0.3) is 9.84 Å². The number of sulfone groups is 1. The number of halogens is 3. The number of nitrogens with zero attached hydrogens (tertiary/aromatic N) is 2. The molecule has 1 aromatic carbocycles. The number of hydrogen-bond acceptors (Lipinski definition) is 5. The van der Waals surface area contributed by atoms with Crippen molar-refractivity contribution in [1.29, 1.82) is 0 Å². The minimum Gasteiger partial charge on any atom is -0.406 e. The highest BCUT2D eigenvalue weighted by Crippen LogP contribution is 2.36. The van der Waals surface area contributed by atoms with Gasteiger partial charge in [0.05, 0.1) is 4.90 Å². The van der Waals surface area contributed by atoms with E-state index < -0.39 is 47.3 Å². The number of ether oxygens (including phenoxy) is 1. The van der Waals surface area contributed by atoms with Crippen LogP contribution in [-0.2, 0) is 20.5 Å². The van der Waals surface area contributed by atoms with Gasteiger partial charge in [-0.25, -0.2) is 16.8 Å². The lowest BCUT2D eigenvalue weighted by Gasteiger charge is -2.27. The van der Waals surface area contributed by atoms with Gasteiger partial charge in [0.2, 0.25) is 0 Å². The molecule has 7 nitrogen and oxygen atoms in total. The highest BCUT2D eigenvalue weighted by Gasteiger charge is 2.54. The van der Waals surface area contributed by atoms with Crippen molar-refractivity contribution in [1.82, 2.24) is 0 Å². The zero-order valence-corrected chi connectivity index (χ0v) is 15.0. The Morgan fingerprint density at radius 2 is 1.81 bits per heavy atom. The van der Waals surface area contributed by atoms with Gasteiger partial charge in [-0.1, -0.05) is 25.3 Å². The molecule has 2 rings (SSSR count).